The first kappa shape index (κ1) is 15.7. The molecule has 3 aromatic rings. The minimum atomic E-state index is -0.276. The Labute approximate surface area is 137 Å². The van der Waals surface area contributed by atoms with Gasteiger partial charge in [-0.3, -0.25) is 0 Å². The predicted octanol–water partition coefficient (Wildman–Crippen LogP) is 3.56. The van der Waals surface area contributed by atoms with E-state index < -0.39 is 0 Å². The zero-order valence-electron chi connectivity index (χ0n) is 12.6. The van der Waals surface area contributed by atoms with Crippen LogP contribution in [0.4, 0.5) is 4.39 Å². The van der Waals surface area contributed by atoms with E-state index in [4.69, 9.17) is 4.42 Å². The van der Waals surface area contributed by atoms with Gasteiger partial charge in [0.15, 0.2) is 11.6 Å². The van der Waals surface area contributed by atoms with Crippen LogP contribution in [0, 0.1) is 5.82 Å². The van der Waals surface area contributed by atoms with Gasteiger partial charge in [-0.2, -0.15) is 0 Å². The molecule has 120 valence electrons. The molecule has 0 saturated heterocycles. The number of benzene rings is 1. The standard InChI is InChI=1S/C15H16FN5OS/c1-2-3-8-21-14(18-19-20-21)10-23-15-17-9-13(22-15)11-4-6-12(16)7-5-11/h4-7,9H,2-3,8,10H2,1H3. The number of aryl methyl sites for hydroxylation is 1. The first-order valence-corrected chi connectivity index (χ1v) is 8.34. The van der Waals surface area contributed by atoms with Crippen LogP contribution >= 0.6 is 11.8 Å². The van der Waals surface area contributed by atoms with E-state index >= 15 is 0 Å². The average molecular weight is 333 g/mol. The van der Waals surface area contributed by atoms with Crippen molar-refractivity contribution >= 4 is 11.8 Å². The summed E-state index contributed by atoms with van der Waals surface area (Å²) in [6.45, 7) is 2.94. The monoisotopic (exact) mass is 333 g/mol. The molecule has 8 heteroatoms. The number of halogens is 1. The maximum atomic E-state index is 12.9. The molecule has 3 rings (SSSR count). The van der Waals surface area contributed by atoms with E-state index in [-0.39, 0.29) is 5.82 Å². The highest BCUT2D eigenvalue weighted by atomic mass is 32.2. The Morgan fingerprint density at radius 2 is 2.09 bits per heavy atom. The van der Waals surface area contributed by atoms with Crippen LogP contribution < -0.4 is 0 Å². The van der Waals surface area contributed by atoms with Gasteiger partial charge in [-0.1, -0.05) is 25.1 Å². The Morgan fingerprint density at radius 3 is 2.87 bits per heavy atom. The fraction of sp³-hybridized carbons (Fsp3) is 0.333. The molecule has 0 fully saturated rings. The summed E-state index contributed by atoms with van der Waals surface area (Å²) in [6.07, 6.45) is 3.76. The molecule has 0 saturated carbocycles. The molecule has 0 aliphatic heterocycles. The molecule has 1 aromatic carbocycles. The van der Waals surface area contributed by atoms with E-state index in [0.717, 1.165) is 30.8 Å². The summed E-state index contributed by atoms with van der Waals surface area (Å²) in [5.41, 5.74) is 0.790. The molecule has 0 amide bonds. The number of unbranched alkanes of at least 4 members (excludes halogenated alkanes) is 1. The highest BCUT2D eigenvalue weighted by Crippen LogP contribution is 2.27. The highest BCUT2D eigenvalue weighted by molar-refractivity contribution is 7.98. The third kappa shape index (κ3) is 3.95. The summed E-state index contributed by atoms with van der Waals surface area (Å²) < 4.78 is 20.4. The van der Waals surface area contributed by atoms with Crippen LogP contribution in [0.3, 0.4) is 0 Å². The molecule has 0 spiro atoms. The zero-order valence-corrected chi connectivity index (χ0v) is 13.5. The van der Waals surface area contributed by atoms with Crippen molar-refractivity contribution in [3.8, 4) is 11.3 Å². The molecule has 0 aliphatic carbocycles. The Balaban J connectivity index is 1.63. The van der Waals surface area contributed by atoms with E-state index in [2.05, 4.69) is 27.4 Å². The van der Waals surface area contributed by atoms with E-state index in [9.17, 15) is 4.39 Å². The normalized spacial score (nSPS) is 11.0. The van der Waals surface area contributed by atoms with E-state index in [1.54, 1.807) is 23.0 Å². The van der Waals surface area contributed by atoms with Gasteiger partial charge in [-0.05, 0) is 41.1 Å². The Morgan fingerprint density at radius 1 is 1.26 bits per heavy atom. The van der Waals surface area contributed by atoms with Crippen molar-refractivity contribution in [2.45, 2.75) is 37.3 Å². The second-order valence-corrected chi connectivity index (χ2v) is 5.88. The van der Waals surface area contributed by atoms with Gasteiger partial charge in [0, 0.05) is 12.1 Å². The predicted molar refractivity (Wildman–Crippen MR) is 84.2 cm³/mol. The number of nitrogens with zero attached hydrogens (tertiary/aromatic N) is 5. The van der Waals surface area contributed by atoms with Gasteiger partial charge in [-0.15, -0.1) is 5.10 Å². The summed E-state index contributed by atoms with van der Waals surface area (Å²) in [5.74, 6) is 1.71. The third-order valence-corrected chi connectivity index (χ3v) is 4.11. The lowest BCUT2D eigenvalue weighted by Gasteiger charge is -2.01. The SMILES string of the molecule is CCCCn1nnnc1CSc1ncc(-c2ccc(F)cc2)o1. The number of hydrogen-bond acceptors (Lipinski definition) is 6. The van der Waals surface area contributed by atoms with Crippen molar-refractivity contribution in [1.82, 2.24) is 25.2 Å². The van der Waals surface area contributed by atoms with Crippen molar-refractivity contribution in [2.75, 3.05) is 0 Å². The second kappa shape index (κ2) is 7.36. The molecule has 2 aromatic heterocycles. The largest absolute Gasteiger partial charge is 0.431 e. The molecule has 0 radical (unpaired) electrons. The summed E-state index contributed by atoms with van der Waals surface area (Å²) in [6, 6.07) is 6.12. The van der Waals surface area contributed by atoms with Crippen molar-refractivity contribution < 1.29 is 8.81 Å². The number of oxazole rings is 1. The second-order valence-electron chi connectivity index (χ2n) is 4.96. The molecule has 6 nitrogen and oxygen atoms in total. The van der Waals surface area contributed by atoms with Crippen LogP contribution in [-0.4, -0.2) is 25.2 Å². The molecular weight excluding hydrogens is 317 g/mol. The third-order valence-electron chi connectivity index (χ3n) is 3.27. The number of aromatic nitrogens is 5. The Bertz CT molecular complexity index is 755. The summed E-state index contributed by atoms with van der Waals surface area (Å²) >= 11 is 1.43. The van der Waals surface area contributed by atoms with Crippen molar-refractivity contribution in [2.24, 2.45) is 0 Å². The minimum absolute atomic E-state index is 0.276. The van der Waals surface area contributed by atoms with Crippen molar-refractivity contribution in [1.29, 1.82) is 0 Å². The summed E-state index contributed by atoms with van der Waals surface area (Å²) in [4.78, 5) is 4.23. The Hall–Kier alpha value is -2.22. The minimum Gasteiger partial charge on any atom is -0.431 e. The van der Waals surface area contributed by atoms with Crippen LogP contribution in [-0.2, 0) is 12.3 Å². The summed E-state index contributed by atoms with van der Waals surface area (Å²) in [7, 11) is 0. The van der Waals surface area contributed by atoms with Gasteiger partial charge in [0.25, 0.3) is 5.22 Å². The number of hydrogen-bond donors (Lipinski definition) is 0. The first-order chi connectivity index (χ1) is 11.3. The molecule has 23 heavy (non-hydrogen) atoms. The smallest absolute Gasteiger partial charge is 0.256 e. The van der Waals surface area contributed by atoms with Crippen LogP contribution in [0.5, 0.6) is 0 Å². The zero-order chi connectivity index (χ0) is 16.1. The average Bonchev–Trinajstić information content (AvgIpc) is 3.21. The number of rotatable bonds is 7. The fourth-order valence-electron chi connectivity index (χ4n) is 2.01. The maximum Gasteiger partial charge on any atom is 0.256 e. The quantitative estimate of drug-likeness (QED) is 0.616. The lowest BCUT2D eigenvalue weighted by atomic mass is 10.2. The van der Waals surface area contributed by atoms with E-state index in [1.165, 1.54) is 23.9 Å². The fourth-order valence-corrected chi connectivity index (χ4v) is 2.74. The van der Waals surface area contributed by atoms with Crippen LogP contribution in [0.2, 0.25) is 0 Å². The van der Waals surface area contributed by atoms with E-state index in [1.807, 2.05) is 0 Å². The number of thioether (sulfide) groups is 1. The van der Waals surface area contributed by atoms with Crippen LogP contribution in [0.25, 0.3) is 11.3 Å². The first-order valence-electron chi connectivity index (χ1n) is 7.36. The van der Waals surface area contributed by atoms with Gasteiger partial charge in [0.2, 0.25) is 0 Å². The van der Waals surface area contributed by atoms with Crippen molar-refractivity contribution in [3.63, 3.8) is 0 Å². The van der Waals surface area contributed by atoms with Crippen LogP contribution in [0.15, 0.2) is 40.1 Å². The van der Waals surface area contributed by atoms with Crippen LogP contribution in [0.1, 0.15) is 25.6 Å². The number of tetrazole rings is 1. The molecule has 0 bridgehead atoms. The van der Waals surface area contributed by atoms with Gasteiger partial charge in [-0.25, -0.2) is 14.1 Å². The molecule has 2 heterocycles. The molecular formula is C15H16FN5OS. The van der Waals surface area contributed by atoms with Gasteiger partial charge < -0.3 is 4.42 Å². The lowest BCUT2D eigenvalue weighted by molar-refractivity contribution is 0.465. The lowest BCUT2D eigenvalue weighted by Crippen LogP contribution is -2.04. The molecule has 0 N–H and O–H groups in total. The van der Waals surface area contributed by atoms with Gasteiger partial charge >= 0.3 is 0 Å². The summed E-state index contributed by atoms with van der Waals surface area (Å²) in [5, 5.41) is 12.3. The topological polar surface area (TPSA) is 69.6 Å². The Kier molecular flexibility index (Phi) is 5.02. The van der Waals surface area contributed by atoms with Gasteiger partial charge in [0.1, 0.15) is 5.82 Å². The maximum absolute atomic E-state index is 12.9. The molecule has 0 atom stereocenters. The molecule has 0 aliphatic rings. The van der Waals surface area contributed by atoms with E-state index in [0.29, 0.717) is 16.7 Å². The van der Waals surface area contributed by atoms with Gasteiger partial charge in [0.05, 0.1) is 11.9 Å². The van der Waals surface area contributed by atoms with Crippen molar-refractivity contribution in [3.05, 3.63) is 42.1 Å². The molecule has 0 unspecified atom stereocenters. The highest BCUT2D eigenvalue weighted by Gasteiger charge is 2.11.